The lowest BCUT2D eigenvalue weighted by Crippen LogP contribution is -2.19. The number of carbonyl (C=O) groups is 1. The fourth-order valence-electron chi connectivity index (χ4n) is 3.27. The SMILES string of the molecule is CCCCc1nc2c(N)nc3cc(C(=O)OC)ccc3c2n1CCN(C)C. The first kappa shape index (κ1) is 19.1. The molecule has 0 spiro atoms. The molecule has 0 aliphatic carbocycles. The molecule has 0 amide bonds. The molecule has 0 atom stereocenters. The highest BCUT2D eigenvalue weighted by atomic mass is 16.5. The molecule has 0 bridgehead atoms. The zero-order chi connectivity index (χ0) is 19.6. The molecule has 0 unspecified atom stereocenters. The van der Waals surface area contributed by atoms with Crippen molar-refractivity contribution < 1.29 is 9.53 Å². The van der Waals surface area contributed by atoms with E-state index in [1.807, 2.05) is 6.07 Å². The summed E-state index contributed by atoms with van der Waals surface area (Å²) in [5, 5.41) is 0.945. The molecule has 1 aromatic carbocycles. The molecule has 2 aromatic heterocycles. The van der Waals surface area contributed by atoms with Gasteiger partial charge in [-0.05, 0) is 38.7 Å². The fraction of sp³-hybridized carbons (Fsp3) is 0.450. The number of pyridine rings is 1. The molecule has 2 N–H and O–H groups in total. The maximum absolute atomic E-state index is 11.9. The Labute approximate surface area is 159 Å². The predicted octanol–water partition coefficient (Wildman–Crippen LogP) is 2.86. The van der Waals surface area contributed by atoms with Crippen LogP contribution in [0.2, 0.25) is 0 Å². The molecule has 0 saturated carbocycles. The predicted molar refractivity (Wildman–Crippen MR) is 108 cm³/mol. The molecular formula is C20H27N5O2. The number of rotatable bonds is 7. The summed E-state index contributed by atoms with van der Waals surface area (Å²) in [4.78, 5) is 23.3. The lowest BCUT2D eigenvalue weighted by atomic mass is 10.1. The number of fused-ring (bicyclic) bond motifs is 3. The van der Waals surface area contributed by atoms with Crippen LogP contribution in [0.15, 0.2) is 18.2 Å². The Kier molecular flexibility index (Phi) is 5.60. The zero-order valence-corrected chi connectivity index (χ0v) is 16.5. The van der Waals surface area contributed by atoms with Crippen LogP contribution in [0.1, 0.15) is 35.9 Å². The number of nitrogens with two attached hydrogens (primary N) is 1. The van der Waals surface area contributed by atoms with E-state index in [9.17, 15) is 4.79 Å². The third kappa shape index (κ3) is 3.73. The van der Waals surface area contributed by atoms with Gasteiger partial charge in [-0.3, -0.25) is 0 Å². The Hall–Kier alpha value is -2.67. The second-order valence-corrected chi connectivity index (χ2v) is 7.00. The van der Waals surface area contributed by atoms with Crippen LogP contribution >= 0.6 is 0 Å². The number of hydrogen-bond donors (Lipinski definition) is 1. The maximum atomic E-state index is 11.9. The molecule has 2 heterocycles. The highest BCUT2D eigenvalue weighted by Crippen LogP contribution is 2.30. The standard InChI is InChI=1S/C20H27N5O2/c1-5-6-7-16-23-17-18(25(16)11-10-24(2)3)14-9-8-13(20(26)27-4)12-15(14)22-19(17)21/h8-9,12H,5-7,10-11H2,1-4H3,(H2,21,22). The Morgan fingerprint density at radius 2 is 2.07 bits per heavy atom. The van der Waals surface area contributed by atoms with Gasteiger partial charge in [0, 0.05) is 24.9 Å². The van der Waals surface area contributed by atoms with Crippen molar-refractivity contribution in [1.82, 2.24) is 19.4 Å². The number of esters is 1. The van der Waals surface area contributed by atoms with Crippen molar-refractivity contribution in [1.29, 1.82) is 0 Å². The lowest BCUT2D eigenvalue weighted by Gasteiger charge is -2.14. The van der Waals surface area contributed by atoms with Crippen molar-refractivity contribution in [3.05, 3.63) is 29.6 Å². The second-order valence-electron chi connectivity index (χ2n) is 7.00. The summed E-state index contributed by atoms with van der Waals surface area (Å²) >= 11 is 0. The monoisotopic (exact) mass is 369 g/mol. The minimum absolute atomic E-state index is 0.387. The first-order valence-electron chi connectivity index (χ1n) is 9.27. The van der Waals surface area contributed by atoms with Crippen molar-refractivity contribution in [3.63, 3.8) is 0 Å². The lowest BCUT2D eigenvalue weighted by molar-refractivity contribution is 0.0601. The first-order valence-corrected chi connectivity index (χ1v) is 9.27. The number of nitrogen functional groups attached to an aromatic ring is 1. The molecule has 0 fully saturated rings. The molecule has 7 heteroatoms. The summed E-state index contributed by atoms with van der Waals surface area (Å²) in [5.74, 6) is 1.04. The second kappa shape index (κ2) is 7.92. The number of ether oxygens (including phenoxy) is 1. The average Bonchev–Trinajstić information content (AvgIpc) is 3.02. The van der Waals surface area contributed by atoms with Gasteiger partial charge in [0.2, 0.25) is 0 Å². The molecule has 0 aliphatic heterocycles. The number of benzene rings is 1. The molecule has 144 valence electrons. The van der Waals surface area contributed by atoms with Crippen LogP contribution in [0.5, 0.6) is 0 Å². The van der Waals surface area contributed by atoms with Gasteiger partial charge in [0.15, 0.2) is 5.82 Å². The molecular weight excluding hydrogens is 342 g/mol. The van der Waals surface area contributed by atoms with Crippen LogP contribution in [0.3, 0.4) is 0 Å². The molecule has 27 heavy (non-hydrogen) atoms. The van der Waals surface area contributed by atoms with E-state index in [0.717, 1.165) is 54.6 Å². The maximum Gasteiger partial charge on any atom is 0.337 e. The minimum atomic E-state index is -0.387. The van der Waals surface area contributed by atoms with Gasteiger partial charge < -0.3 is 19.9 Å². The Balaban J connectivity index is 2.24. The minimum Gasteiger partial charge on any atom is -0.465 e. The highest BCUT2D eigenvalue weighted by molar-refractivity contribution is 6.08. The Bertz CT molecular complexity index is 978. The van der Waals surface area contributed by atoms with Gasteiger partial charge in [-0.25, -0.2) is 14.8 Å². The van der Waals surface area contributed by atoms with Gasteiger partial charge in [0.25, 0.3) is 0 Å². The fourth-order valence-corrected chi connectivity index (χ4v) is 3.27. The quantitative estimate of drug-likeness (QED) is 0.645. The number of hydrogen-bond acceptors (Lipinski definition) is 6. The van der Waals surface area contributed by atoms with Gasteiger partial charge >= 0.3 is 5.97 Å². The smallest absolute Gasteiger partial charge is 0.337 e. The van der Waals surface area contributed by atoms with E-state index in [0.29, 0.717) is 16.9 Å². The third-order valence-electron chi connectivity index (χ3n) is 4.73. The summed E-state index contributed by atoms with van der Waals surface area (Å²) in [6.07, 6.45) is 3.08. The van der Waals surface area contributed by atoms with Crippen LogP contribution in [0, 0.1) is 0 Å². The van der Waals surface area contributed by atoms with E-state index < -0.39 is 0 Å². The number of unbranched alkanes of at least 4 members (excludes halogenated alkanes) is 1. The first-order chi connectivity index (χ1) is 13.0. The Morgan fingerprint density at radius 3 is 2.74 bits per heavy atom. The number of likely N-dealkylation sites (N-methyl/N-ethyl adjacent to an activating group) is 1. The summed E-state index contributed by atoms with van der Waals surface area (Å²) in [7, 11) is 5.48. The summed E-state index contributed by atoms with van der Waals surface area (Å²) in [6, 6.07) is 5.40. The average molecular weight is 369 g/mol. The van der Waals surface area contributed by atoms with E-state index in [2.05, 4.69) is 35.5 Å². The van der Waals surface area contributed by atoms with E-state index in [4.69, 9.17) is 15.5 Å². The summed E-state index contributed by atoms with van der Waals surface area (Å²) < 4.78 is 7.07. The molecule has 0 aliphatic rings. The van der Waals surface area contributed by atoms with E-state index >= 15 is 0 Å². The zero-order valence-electron chi connectivity index (χ0n) is 16.5. The van der Waals surface area contributed by atoms with Crippen molar-refractivity contribution in [3.8, 4) is 0 Å². The summed E-state index contributed by atoms with van der Waals surface area (Å²) in [5.41, 5.74) is 9.09. The highest BCUT2D eigenvalue weighted by Gasteiger charge is 2.18. The van der Waals surface area contributed by atoms with Crippen molar-refractivity contribution >= 4 is 33.7 Å². The van der Waals surface area contributed by atoms with Crippen LogP contribution in [0.4, 0.5) is 5.82 Å². The van der Waals surface area contributed by atoms with Crippen LogP contribution in [0.25, 0.3) is 21.9 Å². The topological polar surface area (TPSA) is 86.3 Å². The number of imidazole rings is 1. The van der Waals surface area contributed by atoms with Gasteiger partial charge in [0.1, 0.15) is 11.3 Å². The normalized spacial score (nSPS) is 11.6. The number of aryl methyl sites for hydroxylation is 1. The molecule has 3 rings (SSSR count). The number of aromatic nitrogens is 3. The van der Waals surface area contributed by atoms with Gasteiger partial charge in [0.05, 0.1) is 23.7 Å². The number of anilines is 1. The van der Waals surface area contributed by atoms with Gasteiger partial charge in [-0.1, -0.05) is 13.3 Å². The van der Waals surface area contributed by atoms with E-state index in [1.54, 1.807) is 12.1 Å². The van der Waals surface area contributed by atoms with Crippen molar-refractivity contribution in [2.24, 2.45) is 0 Å². The summed E-state index contributed by atoms with van der Waals surface area (Å²) in [6.45, 7) is 3.89. The van der Waals surface area contributed by atoms with Crippen LogP contribution < -0.4 is 5.73 Å². The number of methoxy groups -OCH3 is 1. The van der Waals surface area contributed by atoms with Crippen molar-refractivity contribution in [2.45, 2.75) is 32.7 Å². The van der Waals surface area contributed by atoms with Crippen molar-refractivity contribution in [2.75, 3.05) is 33.5 Å². The largest absolute Gasteiger partial charge is 0.465 e. The molecule has 0 saturated heterocycles. The van der Waals surface area contributed by atoms with Crippen LogP contribution in [-0.4, -0.2) is 53.2 Å². The van der Waals surface area contributed by atoms with Gasteiger partial charge in [-0.2, -0.15) is 0 Å². The Morgan fingerprint density at radius 1 is 1.30 bits per heavy atom. The van der Waals surface area contributed by atoms with E-state index in [1.165, 1.54) is 7.11 Å². The molecule has 0 radical (unpaired) electrons. The molecule has 3 aromatic rings. The number of carbonyl (C=O) groups excluding carboxylic acids is 1. The molecule has 7 nitrogen and oxygen atoms in total. The van der Waals surface area contributed by atoms with Crippen LogP contribution in [-0.2, 0) is 17.7 Å². The third-order valence-corrected chi connectivity index (χ3v) is 4.73. The van der Waals surface area contributed by atoms with E-state index in [-0.39, 0.29) is 5.97 Å². The number of nitrogens with zero attached hydrogens (tertiary/aromatic N) is 4. The van der Waals surface area contributed by atoms with Gasteiger partial charge in [-0.15, -0.1) is 0 Å².